The van der Waals surface area contributed by atoms with Crippen molar-refractivity contribution in [2.75, 3.05) is 20.2 Å². The van der Waals surface area contributed by atoms with E-state index in [9.17, 15) is 5.11 Å². The van der Waals surface area contributed by atoms with Gasteiger partial charge in [0, 0.05) is 5.56 Å². The lowest BCUT2D eigenvalue weighted by Crippen LogP contribution is -3.10. The van der Waals surface area contributed by atoms with Crippen molar-refractivity contribution in [2.24, 2.45) is 0 Å². The second kappa shape index (κ2) is 5.92. The number of aromatic hydroxyl groups is 1. The van der Waals surface area contributed by atoms with E-state index in [0.717, 1.165) is 6.54 Å². The van der Waals surface area contributed by atoms with Crippen LogP contribution < -0.4 is 9.64 Å². The Hall–Kier alpha value is -1.22. The monoisotopic (exact) mass is 236 g/mol. The Morgan fingerprint density at radius 1 is 1.18 bits per heavy atom. The summed E-state index contributed by atoms with van der Waals surface area (Å²) in [7, 11) is 1.59. The van der Waals surface area contributed by atoms with Crippen LogP contribution >= 0.6 is 0 Å². The number of ether oxygens (including phenoxy) is 1. The number of phenols is 1. The van der Waals surface area contributed by atoms with Crippen LogP contribution in [0.4, 0.5) is 0 Å². The van der Waals surface area contributed by atoms with Crippen LogP contribution in [-0.2, 0) is 6.54 Å². The van der Waals surface area contributed by atoms with Crippen LogP contribution in [0, 0.1) is 0 Å². The van der Waals surface area contributed by atoms with Gasteiger partial charge in [-0.1, -0.05) is 0 Å². The Bertz CT molecular complexity index is 357. The molecule has 0 saturated carbocycles. The highest BCUT2D eigenvalue weighted by atomic mass is 16.5. The Morgan fingerprint density at radius 3 is 2.53 bits per heavy atom. The van der Waals surface area contributed by atoms with Gasteiger partial charge in [-0.15, -0.1) is 0 Å². The molecule has 0 aliphatic carbocycles. The molecule has 0 atom stereocenters. The summed E-state index contributed by atoms with van der Waals surface area (Å²) in [5.41, 5.74) is 1.25. The van der Waals surface area contributed by atoms with Gasteiger partial charge in [0.15, 0.2) is 11.5 Å². The van der Waals surface area contributed by atoms with E-state index in [1.54, 1.807) is 18.1 Å². The van der Waals surface area contributed by atoms with Crippen LogP contribution in [0.1, 0.15) is 31.2 Å². The Kier molecular flexibility index (Phi) is 4.26. The summed E-state index contributed by atoms with van der Waals surface area (Å²) in [6, 6.07) is 5.67. The molecule has 1 aliphatic heterocycles. The third-order valence-corrected chi connectivity index (χ3v) is 3.51. The van der Waals surface area contributed by atoms with Gasteiger partial charge in [0.25, 0.3) is 0 Å². The normalized spacial score (nSPS) is 17.7. The predicted molar refractivity (Wildman–Crippen MR) is 67.5 cm³/mol. The first kappa shape index (κ1) is 12.2. The number of likely N-dealkylation sites (tertiary alicyclic amines) is 1. The number of hydrogen-bond donors (Lipinski definition) is 2. The number of methoxy groups -OCH3 is 1. The zero-order valence-electron chi connectivity index (χ0n) is 10.5. The van der Waals surface area contributed by atoms with E-state index >= 15 is 0 Å². The number of phenolic OH excluding ortho intramolecular Hbond substituents is 1. The van der Waals surface area contributed by atoms with E-state index in [-0.39, 0.29) is 5.75 Å². The fourth-order valence-corrected chi connectivity index (χ4v) is 2.53. The van der Waals surface area contributed by atoms with Crippen LogP contribution in [-0.4, -0.2) is 25.3 Å². The maximum atomic E-state index is 9.55. The Labute approximate surface area is 103 Å². The number of hydrogen-bond acceptors (Lipinski definition) is 2. The second-order valence-electron chi connectivity index (χ2n) is 4.85. The molecule has 1 aromatic rings. The van der Waals surface area contributed by atoms with Gasteiger partial charge in [-0.25, -0.2) is 0 Å². The molecule has 1 heterocycles. The van der Waals surface area contributed by atoms with Gasteiger partial charge in [-0.3, -0.25) is 0 Å². The molecule has 0 unspecified atom stereocenters. The van der Waals surface area contributed by atoms with Gasteiger partial charge in [0.05, 0.1) is 20.2 Å². The Morgan fingerprint density at radius 2 is 1.88 bits per heavy atom. The average molecular weight is 236 g/mol. The summed E-state index contributed by atoms with van der Waals surface area (Å²) in [5.74, 6) is 0.804. The molecule has 3 heteroatoms. The summed E-state index contributed by atoms with van der Waals surface area (Å²) >= 11 is 0. The highest BCUT2D eigenvalue weighted by Crippen LogP contribution is 2.25. The first-order valence-electron chi connectivity index (χ1n) is 6.49. The highest BCUT2D eigenvalue weighted by molar-refractivity contribution is 5.41. The lowest BCUT2D eigenvalue weighted by Gasteiger charge is -2.17. The molecule has 94 valence electrons. The minimum Gasteiger partial charge on any atom is -0.504 e. The second-order valence-corrected chi connectivity index (χ2v) is 4.85. The summed E-state index contributed by atoms with van der Waals surface area (Å²) in [6.07, 6.45) is 5.43. The Balaban J connectivity index is 2.01. The van der Waals surface area contributed by atoms with Gasteiger partial charge >= 0.3 is 0 Å². The van der Waals surface area contributed by atoms with Crippen molar-refractivity contribution in [3.8, 4) is 11.5 Å². The van der Waals surface area contributed by atoms with Gasteiger partial charge in [-0.2, -0.15) is 0 Å². The highest BCUT2D eigenvalue weighted by Gasteiger charge is 2.13. The topological polar surface area (TPSA) is 33.9 Å². The molecule has 17 heavy (non-hydrogen) atoms. The van der Waals surface area contributed by atoms with Gasteiger partial charge in [-0.05, 0) is 43.9 Å². The van der Waals surface area contributed by atoms with Crippen LogP contribution in [0.15, 0.2) is 18.2 Å². The molecule has 0 bridgehead atoms. The summed E-state index contributed by atoms with van der Waals surface area (Å²) in [4.78, 5) is 1.65. The molecule has 0 aromatic heterocycles. The van der Waals surface area contributed by atoms with E-state index in [1.165, 1.54) is 44.3 Å². The lowest BCUT2D eigenvalue weighted by atomic mass is 10.2. The molecule has 3 nitrogen and oxygen atoms in total. The minimum absolute atomic E-state index is 0.224. The number of rotatable bonds is 3. The molecule has 2 N–H and O–H groups in total. The molecule has 1 fully saturated rings. The molecule has 0 radical (unpaired) electrons. The predicted octanol–water partition coefficient (Wildman–Crippen LogP) is 1.36. The zero-order valence-corrected chi connectivity index (χ0v) is 10.5. The molecule has 1 aliphatic rings. The first-order chi connectivity index (χ1) is 8.29. The van der Waals surface area contributed by atoms with Crippen LogP contribution in [0.25, 0.3) is 0 Å². The van der Waals surface area contributed by atoms with Crippen molar-refractivity contribution in [1.82, 2.24) is 0 Å². The zero-order chi connectivity index (χ0) is 12.1. The SMILES string of the molecule is COc1cc(C[NH+]2CCCCCC2)ccc1O. The number of benzene rings is 1. The van der Waals surface area contributed by atoms with E-state index in [1.807, 2.05) is 12.1 Å². The van der Waals surface area contributed by atoms with Crippen molar-refractivity contribution in [2.45, 2.75) is 32.2 Å². The van der Waals surface area contributed by atoms with Gasteiger partial charge in [0.1, 0.15) is 6.54 Å². The fourth-order valence-electron chi connectivity index (χ4n) is 2.53. The van der Waals surface area contributed by atoms with E-state index in [4.69, 9.17) is 4.74 Å². The molecule has 1 saturated heterocycles. The molecule has 0 spiro atoms. The molecular weight excluding hydrogens is 214 g/mol. The van der Waals surface area contributed by atoms with E-state index in [2.05, 4.69) is 0 Å². The van der Waals surface area contributed by atoms with Crippen LogP contribution in [0.5, 0.6) is 11.5 Å². The van der Waals surface area contributed by atoms with Crippen LogP contribution in [0.2, 0.25) is 0 Å². The molecule has 0 amide bonds. The minimum atomic E-state index is 0.224. The maximum Gasteiger partial charge on any atom is 0.160 e. The van der Waals surface area contributed by atoms with E-state index in [0.29, 0.717) is 5.75 Å². The van der Waals surface area contributed by atoms with Crippen molar-refractivity contribution < 1.29 is 14.7 Å². The number of quaternary nitrogens is 1. The molecule has 2 rings (SSSR count). The van der Waals surface area contributed by atoms with Crippen LogP contribution in [0.3, 0.4) is 0 Å². The summed E-state index contributed by atoms with van der Waals surface area (Å²) in [5, 5.41) is 9.55. The largest absolute Gasteiger partial charge is 0.504 e. The van der Waals surface area contributed by atoms with Gasteiger partial charge in [0.2, 0.25) is 0 Å². The van der Waals surface area contributed by atoms with Crippen molar-refractivity contribution in [3.63, 3.8) is 0 Å². The summed E-state index contributed by atoms with van der Waals surface area (Å²) in [6.45, 7) is 3.57. The fraction of sp³-hybridized carbons (Fsp3) is 0.571. The third-order valence-electron chi connectivity index (χ3n) is 3.51. The van der Waals surface area contributed by atoms with E-state index < -0.39 is 0 Å². The summed E-state index contributed by atoms with van der Waals surface area (Å²) < 4.78 is 5.14. The van der Waals surface area contributed by atoms with Crippen molar-refractivity contribution in [1.29, 1.82) is 0 Å². The number of nitrogens with one attached hydrogen (secondary N) is 1. The lowest BCUT2D eigenvalue weighted by molar-refractivity contribution is -0.913. The van der Waals surface area contributed by atoms with Gasteiger partial charge < -0.3 is 14.7 Å². The standard InChI is InChI=1S/C14H21NO2/c1-17-14-10-12(6-7-13(14)16)11-15-8-4-2-3-5-9-15/h6-7,10,16H,2-5,8-9,11H2,1H3/p+1. The smallest absolute Gasteiger partial charge is 0.160 e. The van der Waals surface area contributed by atoms with Crippen molar-refractivity contribution in [3.05, 3.63) is 23.8 Å². The average Bonchev–Trinajstić information content (AvgIpc) is 2.60. The maximum absolute atomic E-state index is 9.55. The quantitative estimate of drug-likeness (QED) is 0.831. The third kappa shape index (κ3) is 3.37. The molecular formula is C14H22NO2+. The van der Waals surface area contributed by atoms with Crippen molar-refractivity contribution >= 4 is 0 Å². The molecule has 1 aromatic carbocycles. The first-order valence-corrected chi connectivity index (χ1v) is 6.49.